The lowest BCUT2D eigenvalue weighted by molar-refractivity contribution is 0.360. The lowest BCUT2D eigenvalue weighted by Crippen LogP contribution is -1.99. The summed E-state index contributed by atoms with van der Waals surface area (Å²) in [5.41, 5.74) is 5.57. The summed E-state index contributed by atoms with van der Waals surface area (Å²) >= 11 is 10.0. The topological polar surface area (TPSA) is 31.4 Å². The van der Waals surface area contributed by atoms with Gasteiger partial charge < -0.3 is 9.47 Å². The van der Waals surface area contributed by atoms with Crippen LogP contribution in [0.5, 0.6) is 23.0 Å². The van der Waals surface area contributed by atoms with Crippen LogP contribution in [0.4, 0.5) is 0 Å². The van der Waals surface area contributed by atoms with Gasteiger partial charge in [-0.2, -0.15) is 0 Å². The van der Waals surface area contributed by atoms with Crippen LogP contribution >= 0.6 is 27.5 Å². The molecule has 0 N–H and O–H groups in total. The number of ether oxygens (including phenoxy) is 2. The third-order valence-electron chi connectivity index (χ3n) is 5.69. The minimum atomic E-state index is 0.645. The van der Waals surface area contributed by atoms with Crippen molar-refractivity contribution in [2.75, 3.05) is 0 Å². The minimum Gasteiger partial charge on any atom is -0.450 e. The zero-order chi connectivity index (χ0) is 23.1. The maximum absolute atomic E-state index is 6.54. The lowest BCUT2D eigenvalue weighted by atomic mass is 9.97. The number of rotatable bonds is 3. The van der Waals surface area contributed by atoms with Gasteiger partial charge in [-0.1, -0.05) is 88.2 Å². The second-order valence-corrected chi connectivity index (χ2v) is 9.22. The molecule has 0 atom stereocenters. The van der Waals surface area contributed by atoms with Gasteiger partial charge in [0.2, 0.25) is 0 Å². The number of nitrogens with zero attached hydrogens (tertiary/aromatic N) is 1. The highest BCUT2D eigenvalue weighted by Gasteiger charge is 2.20. The van der Waals surface area contributed by atoms with Crippen LogP contribution < -0.4 is 9.47 Å². The van der Waals surface area contributed by atoms with Gasteiger partial charge in [-0.15, -0.1) is 0 Å². The van der Waals surface area contributed by atoms with Crippen molar-refractivity contribution >= 4 is 27.5 Å². The van der Waals surface area contributed by atoms with Crippen LogP contribution in [0.1, 0.15) is 0 Å². The van der Waals surface area contributed by atoms with E-state index < -0.39 is 0 Å². The molecule has 1 aliphatic heterocycles. The van der Waals surface area contributed by atoms with Gasteiger partial charge in [-0.05, 0) is 48.0 Å². The Hall–Kier alpha value is -3.60. The van der Waals surface area contributed by atoms with Crippen molar-refractivity contribution < 1.29 is 9.47 Å². The fourth-order valence-electron chi connectivity index (χ4n) is 4.05. The van der Waals surface area contributed by atoms with Crippen LogP contribution in [-0.4, -0.2) is 4.98 Å². The third kappa shape index (κ3) is 3.85. The quantitative estimate of drug-likeness (QED) is 0.230. The Labute approximate surface area is 210 Å². The highest BCUT2D eigenvalue weighted by molar-refractivity contribution is 9.10. The number of fused-ring (bicyclic) bond motifs is 2. The zero-order valence-corrected chi connectivity index (χ0v) is 20.2. The van der Waals surface area contributed by atoms with E-state index in [1.54, 1.807) is 0 Å². The molecule has 0 bridgehead atoms. The average Bonchev–Trinajstić information content (AvgIpc) is 2.87. The van der Waals surface area contributed by atoms with Crippen LogP contribution in [0.15, 0.2) is 108 Å². The molecule has 0 saturated heterocycles. The van der Waals surface area contributed by atoms with Crippen LogP contribution in [0.3, 0.4) is 0 Å². The summed E-state index contributed by atoms with van der Waals surface area (Å²) in [7, 11) is 0. The van der Waals surface area contributed by atoms with E-state index in [1.165, 1.54) is 0 Å². The first kappa shape index (κ1) is 21.0. The molecule has 0 radical (unpaired) electrons. The van der Waals surface area contributed by atoms with Gasteiger partial charge in [0.05, 0.1) is 16.4 Å². The van der Waals surface area contributed by atoms with Crippen LogP contribution in [0.2, 0.25) is 5.02 Å². The van der Waals surface area contributed by atoms with Crippen molar-refractivity contribution in [1.82, 2.24) is 4.98 Å². The van der Waals surface area contributed by atoms with Crippen molar-refractivity contribution in [3.8, 4) is 56.6 Å². The largest absolute Gasteiger partial charge is 0.450 e. The van der Waals surface area contributed by atoms with Crippen LogP contribution in [0, 0.1) is 0 Å². The van der Waals surface area contributed by atoms with Crippen molar-refractivity contribution in [1.29, 1.82) is 0 Å². The monoisotopic (exact) mass is 525 g/mol. The minimum absolute atomic E-state index is 0.645. The summed E-state index contributed by atoms with van der Waals surface area (Å²) in [5, 5.41) is 0.645. The summed E-state index contributed by atoms with van der Waals surface area (Å²) in [6.07, 6.45) is 0. The molecule has 164 valence electrons. The molecular formula is C29H17BrClNO2. The van der Waals surface area contributed by atoms with Gasteiger partial charge in [-0.3, -0.25) is 0 Å². The molecule has 0 aliphatic carbocycles. The Morgan fingerprint density at radius 2 is 1.26 bits per heavy atom. The molecule has 2 heterocycles. The molecule has 0 spiro atoms. The Morgan fingerprint density at radius 3 is 2.03 bits per heavy atom. The SMILES string of the molecule is Clc1cc(Br)ccc1-c1ccc(-c2ccc3c(c2)Oc2ccccc2O3)c(-c2ccccc2)n1. The summed E-state index contributed by atoms with van der Waals surface area (Å²) in [6, 6.07) is 33.7. The van der Waals surface area contributed by atoms with Crippen LogP contribution in [0.25, 0.3) is 33.6 Å². The summed E-state index contributed by atoms with van der Waals surface area (Å²) in [6.45, 7) is 0. The second kappa shape index (κ2) is 8.64. The average molecular weight is 527 g/mol. The Bertz CT molecular complexity index is 1540. The fourth-order valence-corrected chi connectivity index (χ4v) is 4.82. The predicted octanol–water partition coefficient (Wildman–Crippen LogP) is 9.40. The highest BCUT2D eigenvalue weighted by Crippen LogP contribution is 2.47. The van der Waals surface area contributed by atoms with E-state index >= 15 is 0 Å². The molecule has 0 amide bonds. The Balaban J connectivity index is 1.48. The van der Waals surface area contributed by atoms with E-state index in [1.807, 2.05) is 84.9 Å². The van der Waals surface area contributed by atoms with Gasteiger partial charge in [0.25, 0.3) is 0 Å². The standard InChI is InChI=1S/C29H17BrClNO2/c30-20-11-12-22(23(31)17-20)24-14-13-21(29(32-24)18-6-2-1-3-7-18)19-10-15-27-28(16-19)34-26-9-5-4-8-25(26)33-27/h1-17H. The molecule has 0 saturated carbocycles. The predicted molar refractivity (Wildman–Crippen MR) is 140 cm³/mol. The molecule has 1 aromatic heterocycles. The summed E-state index contributed by atoms with van der Waals surface area (Å²) < 4.78 is 13.1. The van der Waals surface area contributed by atoms with E-state index in [0.717, 1.165) is 38.1 Å². The van der Waals surface area contributed by atoms with Crippen molar-refractivity contribution in [3.05, 3.63) is 113 Å². The molecule has 0 unspecified atom stereocenters. The van der Waals surface area contributed by atoms with Gasteiger partial charge in [0, 0.05) is 21.2 Å². The second-order valence-electron chi connectivity index (χ2n) is 7.90. The maximum atomic E-state index is 6.54. The molecule has 5 heteroatoms. The molecular weight excluding hydrogens is 510 g/mol. The van der Waals surface area contributed by atoms with Gasteiger partial charge in [-0.25, -0.2) is 4.98 Å². The zero-order valence-electron chi connectivity index (χ0n) is 17.8. The first-order chi connectivity index (χ1) is 16.7. The van der Waals surface area contributed by atoms with Crippen LogP contribution in [-0.2, 0) is 0 Å². The number of pyridine rings is 1. The van der Waals surface area contributed by atoms with Gasteiger partial charge in [0.1, 0.15) is 0 Å². The maximum Gasteiger partial charge on any atom is 0.170 e. The van der Waals surface area contributed by atoms with Crippen molar-refractivity contribution in [2.45, 2.75) is 0 Å². The van der Waals surface area contributed by atoms with Gasteiger partial charge in [0.15, 0.2) is 23.0 Å². The van der Waals surface area contributed by atoms with E-state index in [0.29, 0.717) is 28.0 Å². The molecule has 5 aromatic rings. The molecule has 3 nitrogen and oxygen atoms in total. The number of benzene rings is 4. The van der Waals surface area contributed by atoms with E-state index in [4.69, 9.17) is 26.1 Å². The molecule has 0 fully saturated rings. The Kier molecular flexibility index (Phi) is 5.33. The Morgan fingerprint density at radius 1 is 0.588 bits per heavy atom. The van der Waals surface area contributed by atoms with Crippen molar-refractivity contribution in [2.24, 2.45) is 0 Å². The third-order valence-corrected chi connectivity index (χ3v) is 6.50. The molecule has 4 aromatic carbocycles. The van der Waals surface area contributed by atoms with E-state index in [9.17, 15) is 0 Å². The number of halogens is 2. The number of hydrogen-bond donors (Lipinski definition) is 0. The number of hydrogen-bond acceptors (Lipinski definition) is 3. The van der Waals surface area contributed by atoms with E-state index in [-0.39, 0.29) is 0 Å². The number of para-hydroxylation sites is 2. The smallest absolute Gasteiger partial charge is 0.170 e. The number of aromatic nitrogens is 1. The highest BCUT2D eigenvalue weighted by atomic mass is 79.9. The fraction of sp³-hybridized carbons (Fsp3) is 0. The van der Waals surface area contributed by atoms with E-state index in [2.05, 4.69) is 34.1 Å². The normalized spacial score (nSPS) is 11.7. The molecule has 1 aliphatic rings. The first-order valence-electron chi connectivity index (χ1n) is 10.8. The molecule has 6 rings (SSSR count). The lowest BCUT2D eigenvalue weighted by Gasteiger charge is -2.21. The van der Waals surface area contributed by atoms with Gasteiger partial charge >= 0.3 is 0 Å². The summed E-state index contributed by atoms with van der Waals surface area (Å²) in [4.78, 5) is 5.06. The molecule has 34 heavy (non-hydrogen) atoms. The van der Waals surface area contributed by atoms with Crippen molar-refractivity contribution in [3.63, 3.8) is 0 Å². The summed E-state index contributed by atoms with van der Waals surface area (Å²) in [5.74, 6) is 2.78. The first-order valence-corrected chi connectivity index (χ1v) is 11.9.